The zero-order valence-electron chi connectivity index (χ0n) is 16.8. The number of unbranched alkanes of at least 4 members (excludes halogenated alkanes) is 1. The fourth-order valence-corrected chi connectivity index (χ4v) is 3.80. The van der Waals surface area contributed by atoms with Crippen molar-refractivity contribution in [3.8, 4) is 5.75 Å². The molecular formula is C23H23Cl2NO4. The Morgan fingerprint density at radius 2 is 1.77 bits per heavy atom. The lowest BCUT2D eigenvalue weighted by Crippen LogP contribution is -2.30. The van der Waals surface area contributed by atoms with Gasteiger partial charge >= 0.3 is 0 Å². The van der Waals surface area contributed by atoms with Crippen molar-refractivity contribution in [2.24, 2.45) is 0 Å². The van der Waals surface area contributed by atoms with Crippen molar-refractivity contribution < 1.29 is 19.4 Å². The minimum Gasteiger partial charge on any atom is -0.507 e. The Labute approximate surface area is 185 Å². The van der Waals surface area contributed by atoms with Crippen LogP contribution in [-0.2, 0) is 9.59 Å². The van der Waals surface area contributed by atoms with Gasteiger partial charge in [-0.2, -0.15) is 0 Å². The number of ether oxygens (including phenoxy) is 1. The summed E-state index contributed by atoms with van der Waals surface area (Å²) in [5, 5.41) is 11.6. The van der Waals surface area contributed by atoms with Gasteiger partial charge in [0.2, 0.25) is 0 Å². The Balaban J connectivity index is 2.13. The maximum Gasteiger partial charge on any atom is 0.295 e. The van der Waals surface area contributed by atoms with Crippen LogP contribution in [0.15, 0.2) is 48.0 Å². The third kappa shape index (κ3) is 4.32. The molecule has 1 aliphatic heterocycles. The summed E-state index contributed by atoms with van der Waals surface area (Å²) >= 11 is 12.1. The van der Waals surface area contributed by atoms with E-state index in [1.165, 1.54) is 17.0 Å². The second-order valence-corrected chi connectivity index (χ2v) is 7.79. The topological polar surface area (TPSA) is 66.8 Å². The zero-order valence-corrected chi connectivity index (χ0v) is 18.3. The first-order valence-electron chi connectivity index (χ1n) is 9.85. The first-order valence-corrected chi connectivity index (χ1v) is 10.6. The highest BCUT2D eigenvalue weighted by molar-refractivity contribution is 6.46. The van der Waals surface area contributed by atoms with Gasteiger partial charge in [0.25, 0.3) is 11.7 Å². The van der Waals surface area contributed by atoms with Crippen LogP contribution in [0.5, 0.6) is 5.75 Å². The summed E-state index contributed by atoms with van der Waals surface area (Å²) in [7, 11) is 0. The third-order valence-electron chi connectivity index (χ3n) is 4.99. The highest BCUT2D eigenvalue weighted by Crippen LogP contribution is 2.40. The van der Waals surface area contributed by atoms with Crippen molar-refractivity contribution in [1.29, 1.82) is 0 Å². The van der Waals surface area contributed by atoms with E-state index in [-0.39, 0.29) is 16.4 Å². The molecule has 1 unspecified atom stereocenters. The number of rotatable bonds is 7. The number of Topliss-reactive ketones (excluding diaryl/α,β-unsaturated/α-hetero) is 1. The summed E-state index contributed by atoms with van der Waals surface area (Å²) in [6.45, 7) is 4.85. The van der Waals surface area contributed by atoms with Crippen molar-refractivity contribution >= 4 is 40.7 Å². The van der Waals surface area contributed by atoms with Crippen LogP contribution in [0.25, 0.3) is 5.76 Å². The standard InChI is InChI=1S/C23H23Cl2NO4/c1-3-5-12-26-20(14-6-9-16(10-7-14)30-4-2)19(22(28)23(26)29)21(27)15-8-11-17(24)18(25)13-15/h6-11,13,20,27H,3-5,12H2,1-2H3/b21-19-. The highest BCUT2D eigenvalue weighted by Gasteiger charge is 2.45. The van der Waals surface area contributed by atoms with Gasteiger partial charge in [-0.25, -0.2) is 0 Å². The molecule has 5 nitrogen and oxygen atoms in total. The van der Waals surface area contributed by atoms with E-state index in [0.717, 1.165) is 18.4 Å². The van der Waals surface area contributed by atoms with Crippen LogP contribution >= 0.6 is 23.2 Å². The van der Waals surface area contributed by atoms with E-state index in [0.29, 0.717) is 29.5 Å². The van der Waals surface area contributed by atoms with Crippen LogP contribution in [0, 0.1) is 0 Å². The van der Waals surface area contributed by atoms with Crippen molar-refractivity contribution in [3.63, 3.8) is 0 Å². The molecule has 0 spiro atoms. The van der Waals surface area contributed by atoms with Gasteiger partial charge in [-0.1, -0.05) is 48.7 Å². The predicted molar refractivity (Wildman–Crippen MR) is 118 cm³/mol. The van der Waals surface area contributed by atoms with Gasteiger partial charge in [0.15, 0.2) is 0 Å². The number of nitrogens with zero attached hydrogens (tertiary/aromatic N) is 1. The molecule has 2 aromatic carbocycles. The second kappa shape index (κ2) is 9.54. The molecule has 2 aromatic rings. The Morgan fingerprint density at radius 1 is 1.07 bits per heavy atom. The smallest absolute Gasteiger partial charge is 0.295 e. The molecule has 0 bridgehead atoms. The van der Waals surface area contributed by atoms with Crippen LogP contribution in [-0.4, -0.2) is 34.8 Å². The lowest BCUT2D eigenvalue weighted by Gasteiger charge is -2.25. The molecule has 0 aliphatic carbocycles. The predicted octanol–water partition coefficient (Wildman–Crippen LogP) is 5.61. The first-order chi connectivity index (χ1) is 14.4. The van der Waals surface area contributed by atoms with Gasteiger partial charge in [0.1, 0.15) is 11.5 Å². The minimum atomic E-state index is -0.714. The highest BCUT2D eigenvalue weighted by atomic mass is 35.5. The summed E-state index contributed by atoms with van der Waals surface area (Å²) < 4.78 is 5.49. The normalized spacial score (nSPS) is 18.1. The van der Waals surface area contributed by atoms with E-state index >= 15 is 0 Å². The molecule has 1 N–H and O–H groups in total. The molecule has 158 valence electrons. The van der Waals surface area contributed by atoms with Gasteiger partial charge in [-0.3, -0.25) is 9.59 Å². The summed E-state index contributed by atoms with van der Waals surface area (Å²) in [5.74, 6) is -0.918. The van der Waals surface area contributed by atoms with Gasteiger partial charge in [0, 0.05) is 12.1 Å². The molecule has 1 heterocycles. The molecule has 3 rings (SSSR count). The lowest BCUT2D eigenvalue weighted by atomic mass is 9.95. The van der Waals surface area contributed by atoms with Crippen molar-refractivity contribution in [3.05, 3.63) is 69.2 Å². The molecule has 1 aliphatic rings. The third-order valence-corrected chi connectivity index (χ3v) is 5.73. The van der Waals surface area contributed by atoms with Crippen LogP contribution in [0.1, 0.15) is 43.9 Å². The summed E-state index contributed by atoms with van der Waals surface area (Å²) in [5.41, 5.74) is 1.09. The Bertz CT molecular complexity index is 985. The average Bonchev–Trinajstić information content (AvgIpc) is 2.99. The molecule has 0 aromatic heterocycles. The van der Waals surface area contributed by atoms with Crippen LogP contribution in [0.3, 0.4) is 0 Å². The van der Waals surface area contributed by atoms with E-state index in [2.05, 4.69) is 0 Å². The quantitative estimate of drug-likeness (QED) is 0.340. The molecular weight excluding hydrogens is 425 g/mol. The number of ketones is 1. The minimum absolute atomic E-state index is 0.0404. The van der Waals surface area contributed by atoms with E-state index < -0.39 is 17.7 Å². The van der Waals surface area contributed by atoms with Gasteiger partial charge in [0.05, 0.1) is 28.3 Å². The van der Waals surface area contributed by atoms with Crippen LogP contribution in [0.2, 0.25) is 10.0 Å². The van der Waals surface area contributed by atoms with Gasteiger partial charge in [-0.15, -0.1) is 0 Å². The van der Waals surface area contributed by atoms with Gasteiger partial charge in [-0.05, 0) is 49.2 Å². The lowest BCUT2D eigenvalue weighted by molar-refractivity contribution is -0.139. The van der Waals surface area contributed by atoms with Gasteiger partial charge < -0.3 is 14.7 Å². The van der Waals surface area contributed by atoms with E-state index in [4.69, 9.17) is 27.9 Å². The van der Waals surface area contributed by atoms with Crippen molar-refractivity contribution in [2.75, 3.05) is 13.2 Å². The van der Waals surface area contributed by atoms with E-state index in [1.807, 2.05) is 26.0 Å². The summed E-state index contributed by atoms with van der Waals surface area (Å²) in [6, 6.07) is 11.1. The number of aliphatic hydroxyl groups excluding tert-OH is 1. The van der Waals surface area contributed by atoms with Crippen molar-refractivity contribution in [1.82, 2.24) is 4.90 Å². The molecule has 30 heavy (non-hydrogen) atoms. The van der Waals surface area contributed by atoms with Crippen LogP contribution < -0.4 is 4.74 Å². The Hall–Kier alpha value is -2.50. The number of benzene rings is 2. The number of carbonyl (C=O) groups excluding carboxylic acids is 2. The molecule has 1 saturated heterocycles. The number of carbonyl (C=O) groups is 2. The number of amides is 1. The summed E-state index contributed by atoms with van der Waals surface area (Å²) in [4.78, 5) is 27.2. The molecule has 1 fully saturated rings. The monoisotopic (exact) mass is 447 g/mol. The molecule has 0 radical (unpaired) electrons. The zero-order chi connectivity index (χ0) is 21.8. The molecule has 1 amide bonds. The first kappa shape index (κ1) is 22.2. The Morgan fingerprint density at radius 3 is 2.37 bits per heavy atom. The van der Waals surface area contributed by atoms with Crippen molar-refractivity contribution in [2.45, 2.75) is 32.7 Å². The molecule has 1 atom stereocenters. The van der Waals surface area contributed by atoms with E-state index in [9.17, 15) is 14.7 Å². The fourth-order valence-electron chi connectivity index (χ4n) is 3.50. The number of hydrogen-bond acceptors (Lipinski definition) is 4. The average molecular weight is 448 g/mol. The largest absolute Gasteiger partial charge is 0.507 e. The maximum atomic E-state index is 12.9. The fraction of sp³-hybridized carbons (Fsp3) is 0.304. The van der Waals surface area contributed by atoms with E-state index in [1.54, 1.807) is 18.2 Å². The number of aliphatic hydroxyl groups is 1. The molecule has 7 heteroatoms. The second-order valence-electron chi connectivity index (χ2n) is 6.98. The number of halogens is 2. The maximum absolute atomic E-state index is 12.9. The van der Waals surface area contributed by atoms with Crippen LogP contribution in [0.4, 0.5) is 0 Å². The number of hydrogen-bond donors (Lipinski definition) is 1. The Kier molecular flexibility index (Phi) is 7.06. The summed E-state index contributed by atoms with van der Waals surface area (Å²) in [6.07, 6.45) is 1.61. The number of likely N-dealkylation sites (tertiary alicyclic amines) is 1. The SMILES string of the molecule is CCCCN1C(=O)C(=O)/C(=C(\O)c2ccc(Cl)c(Cl)c2)C1c1ccc(OCC)cc1. The molecule has 0 saturated carbocycles.